The second-order valence-corrected chi connectivity index (χ2v) is 6.72. The lowest BCUT2D eigenvalue weighted by Crippen LogP contribution is -2.33. The molecule has 0 atom stereocenters. The topological polar surface area (TPSA) is 64.0 Å². The number of amides is 1. The van der Waals surface area contributed by atoms with Gasteiger partial charge < -0.3 is 9.88 Å². The summed E-state index contributed by atoms with van der Waals surface area (Å²) in [6.45, 7) is 4.74. The summed E-state index contributed by atoms with van der Waals surface area (Å²) in [5.74, 6) is -0.315. The Labute approximate surface area is 165 Å². The van der Waals surface area contributed by atoms with E-state index in [2.05, 4.69) is 22.4 Å². The van der Waals surface area contributed by atoms with Crippen molar-refractivity contribution in [2.24, 2.45) is 0 Å². The van der Waals surface area contributed by atoms with Crippen LogP contribution < -0.4 is 10.7 Å². The van der Waals surface area contributed by atoms with Gasteiger partial charge in [-0.25, -0.2) is 0 Å². The number of aryl methyl sites for hydroxylation is 2. The summed E-state index contributed by atoms with van der Waals surface area (Å²) < 4.78 is 2.04. The van der Waals surface area contributed by atoms with Gasteiger partial charge in [0.05, 0.1) is 12.2 Å². The molecule has 0 saturated carbocycles. The molecule has 28 heavy (non-hydrogen) atoms. The van der Waals surface area contributed by atoms with E-state index in [1.54, 1.807) is 12.3 Å². The summed E-state index contributed by atoms with van der Waals surface area (Å²) in [4.78, 5) is 29.8. The van der Waals surface area contributed by atoms with Crippen molar-refractivity contribution in [3.63, 3.8) is 0 Å². The van der Waals surface area contributed by atoms with E-state index in [-0.39, 0.29) is 16.9 Å². The van der Waals surface area contributed by atoms with Crippen LogP contribution in [-0.2, 0) is 19.4 Å². The smallest absolute Gasteiger partial charge is 0.257 e. The number of hydrogen-bond donors (Lipinski definition) is 1. The first-order chi connectivity index (χ1) is 13.6. The van der Waals surface area contributed by atoms with E-state index >= 15 is 0 Å². The molecule has 5 heteroatoms. The molecule has 0 spiro atoms. The fourth-order valence-corrected chi connectivity index (χ4v) is 3.36. The van der Waals surface area contributed by atoms with Gasteiger partial charge in [-0.2, -0.15) is 0 Å². The van der Waals surface area contributed by atoms with E-state index in [0.717, 1.165) is 23.5 Å². The average molecular weight is 375 g/mol. The summed E-state index contributed by atoms with van der Waals surface area (Å²) in [7, 11) is 0. The number of hydrogen-bond acceptors (Lipinski definition) is 3. The van der Waals surface area contributed by atoms with Crippen molar-refractivity contribution < 1.29 is 4.79 Å². The molecule has 0 aliphatic rings. The monoisotopic (exact) mass is 375 g/mol. The zero-order valence-electron chi connectivity index (χ0n) is 16.3. The maximum absolute atomic E-state index is 12.7. The van der Waals surface area contributed by atoms with Crippen molar-refractivity contribution in [1.82, 2.24) is 14.9 Å². The normalized spacial score (nSPS) is 10.6. The molecule has 2 heterocycles. The number of nitrogens with zero attached hydrogens (tertiary/aromatic N) is 2. The molecule has 144 valence electrons. The predicted molar refractivity (Wildman–Crippen MR) is 111 cm³/mol. The first kappa shape index (κ1) is 19.5. The summed E-state index contributed by atoms with van der Waals surface area (Å²) >= 11 is 0. The minimum absolute atomic E-state index is 0.233. The number of benzene rings is 1. The molecule has 1 N–H and O–H groups in total. The minimum Gasteiger partial charge on any atom is -0.352 e. The lowest BCUT2D eigenvalue weighted by molar-refractivity contribution is 0.0952. The number of aromatic nitrogens is 2. The summed E-state index contributed by atoms with van der Waals surface area (Å²) in [6.07, 6.45) is 3.10. The fraction of sp³-hybridized carbons (Fsp3) is 0.261. The van der Waals surface area contributed by atoms with Crippen molar-refractivity contribution in [3.8, 4) is 0 Å². The molecule has 0 bridgehead atoms. The molecule has 0 fully saturated rings. The van der Waals surface area contributed by atoms with E-state index in [1.165, 1.54) is 5.56 Å². The van der Waals surface area contributed by atoms with Crippen molar-refractivity contribution in [3.05, 3.63) is 99.2 Å². The van der Waals surface area contributed by atoms with Crippen LogP contribution in [0, 0.1) is 6.92 Å². The molecule has 5 nitrogen and oxygen atoms in total. The van der Waals surface area contributed by atoms with Crippen LogP contribution in [0.15, 0.2) is 65.6 Å². The molecular weight excluding hydrogens is 350 g/mol. The van der Waals surface area contributed by atoms with Gasteiger partial charge in [-0.3, -0.25) is 14.6 Å². The van der Waals surface area contributed by atoms with Gasteiger partial charge in [0.25, 0.3) is 5.91 Å². The maximum Gasteiger partial charge on any atom is 0.257 e. The molecule has 3 rings (SSSR count). The van der Waals surface area contributed by atoms with E-state index in [9.17, 15) is 9.59 Å². The van der Waals surface area contributed by atoms with Crippen molar-refractivity contribution in [1.29, 1.82) is 0 Å². The van der Waals surface area contributed by atoms with Gasteiger partial charge in [-0.15, -0.1) is 0 Å². The van der Waals surface area contributed by atoms with Gasteiger partial charge in [0.2, 0.25) is 0 Å². The van der Waals surface area contributed by atoms with Gasteiger partial charge in [0.15, 0.2) is 5.43 Å². The number of nitrogens with one attached hydrogen (secondary N) is 1. The SMILES string of the molecule is CCNC(=O)c1c(CCc2ccccc2)n(Cc2ccccn2)c(C)cc1=O. The van der Waals surface area contributed by atoms with Gasteiger partial charge in [0, 0.05) is 30.2 Å². The van der Waals surface area contributed by atoms with Gasteiger partial charge in [-0.05, 0) is 44.4 Å². The standard InChI is InChI=1S/C23H25N3O2/c1-3-24-23(28)22-20(13-12-18-9-5-4-6-10-18)26(17(2)15-21(22)27)16-19-11-7-8-14-25-19/h4-11,14-15H,3,12-13,16H2,1-2H3,(H,24,28). The molecule has 0 radical (unpaired) electrons. The Balaban J connectivity index is 2.06. The summed E-state index contributed by atoms with van der Waals surface area (Å²) in [5.41, 5.74) is 3.64. The highest BCUT2D eigenvalue weighted by Crippen LogP contribution is 2.15. The van der Waals surface area contributed by atoms with E-state index in [0.29, 0.717) is 19.5 Å². The second-order valence-electron chi connectivity index (χ2n) is 6.72. The first-order valence-electron chi connectivity index (χ1n) is 9.55. The maximum atomic E-state index is 12.7. The summed E-state index contributed by atoms with van der Waals surface area (Å²) in [5, 5.41) is 2.78. The Morgan fingerprint density at radius 3 is 2.50 bits per heavy atom. The molecule has 0 saturated heterocycles. The third kappa shape index (κ3) is 4.55. The minimum atomic E-state index is -0.315. The third-order valence-electron chi connectivity index (χ3n) is 4.73. The van der Waals surface area contributed by atoms with Crippen LogP contribution in [-0.4, -0.2) is 22.0 Å². The first-order valence-corrected chi connectivity index (χ1v) is 9.55. The zero-order chi connectivity index (χ0) is 19.9. The highest BCUT2D eigenvalue weighted by atomic mass is 16.2. The number of carbonyl (C=O) groups excluding carboxylic acids is 1. The molecule has 0 unspecified atom stereocenters. The van der Waals surface area contributed by atoms with Crippen LogP contribution in [0.25, 0.3) is 0 Å². The van der Waals surface area contributed by atoms with E-state index < -0.39 is 0 Å². The van der Waals surface area contributed by atoms with Crippen LogP contribution in [0.1, 0.15) is 39.9 Å². The second kappa shape index (κ2) is 9.13. The number of carbonyl (C=O) groups is 1. The Morgan fingerprint density at radius 2 is 1.82 bits per heavy atom. The molecule has 1 aromatic carbocycles. The molecule has 1 amide bonds. The molecule has 3 aromatic rings. The summed E-state index contributed by atoms with van der Waals surface area (Å²) in [6, 6.07) is 17.4. The lowest BCUT2D eigenvalue weighted by atomic mass is 10.0. The largest absolute Gasteiger partial charge is 0.352 e. The third-order valence-corrected chi connectivity index (χ3v) is 4.73. The van der Waals surface area contributed by atoms with Crippen LogP contribution >= 0.6 is 0 Å². The predicted octanol–water partition coefficient (Wildman–Crippen LogP) is 3.13. The fourth-order valence-electron chi connectivity index (χ4n) is 3.36. The lowest BCUT2D eigenvalue weighted by Gasteiger charge is -2.20. The van der Waals surface area contributed by atoms with Crippen LogP contribution in [0.2, 0.25) is 0 Å². The molecule has 0 aliphatic carbocycles. The highest BCUT2D eigenvalue weighted by molar-refractivity contribution is 5.95. The van der Waals surface area contributed by atoms with Gasteiger partial charge in [0.1, 0.15) is 5.56 Å². The van der Waals surface area contributed by atoms with Crippen molar-refractivity contribution in [2.75, 3.05) is 6.54 Å². The van der Waals surface area contributed by atoms with Crippen LogP contribution in [0.5, 0.6) is 0 Å². The Bertz CT molecular complexity index is 996. The van der Waals surface area contributed by atoms with Gasteiger partial charge in [-0.1, -0.05) is 36.4 Å². The highest BCUT2D eigenvalue weighted by Gasteiger charge is 2.20. The van der Waals surface area contributed by atoms with Crippen molar-refractivity contribution >= 4 is 5.91 Å². The molecule has 0 aliphatic heterocycles. The van der Waals surface area contributed by atoms with E-state index in [4.69, 9.17) is 0 Å². The number of rotatable bonds is 7. The number of pyridine rings is 2. The zero-order valence-corrected chi connectivity index (χ0v) is 16.3. The van der Waals surface area contributed by atoms with Crippen LogP contribution in [0.3, 0.4) is 0 Å². The van der Waals surface area contributed by atoms with E-state index in [1.807, 2.05) is 54.8 Å². The molecule has 2 aromatic heterocycles. The average Bonchev–Trinajstić information content (AvgIpc) is 2.70. The quantitative estimate of drug-likeness (QED) is 0.690. The Morgan fingerprint density at radius 1 is 1.07 bits per heavy atom. The van der Waals surface area contributed by atoms with Crippen LogP contribution in [0.4, 0.5) is 0 Å². The molecular formula is C23H25N3O2. The Kier molecular flexibility index (Phi) is 6.37. The van der Waals surface area contributed by atoms with Crippen molar-refractivity contribution in [2.45, 2.75) is 33.2 Å². The van der Waals surface area contributed by atoms with Gasteiger partial charge >= 0.3 is 0 Å². The Hall–Kier alpha value is -3.21.